The molecule has 0 bridgehead atoms. The van der Waals surface area contributed by atoms with Gasteiger partial charge in [-0.25, -0.2) is 0 Å². The van der Waals surface area contributed by atoms with E-state index in [9.17, 15) is 10.2 Å². The Morgan fingerprint density at radius 2 is 1.84 bits per heavy atom. The summed E-state index contributed by atoms with van der Waals surface area (Å²) in [6.45, 7) is 0. The minimum absolute atomic E-state index is 0.0495. The van der Waals surface area contributed by atoms with Crippen LogP contribution in [0, 0.1) is 0 Å². The molecule has 0 amide bonds. The number of phenols is 2. The van der Waals surface area contributed by atoms with E-state index in [-0.39, 0.29) is 16.9 Å². The zero-order chi connectivity index (χ0) is 13.2. The largest absolute Gasteiger partial charge is 0.508 e. The molecule has 3 rings (SSSR count). The maximum atomic E-state index is 9.84. The summed E-state index contributed by atoms with van der Waals surface area (Å²) in [5.41, 5.74) is 4.74. The average Bonchev–Trinajstić information content (AvgIpc) is 2.89. The maximum absolute atomic E-state index is 9.84. The molecule has 3 N–H and O–H groups in total. The molecule has 0 saturated heterocycles. The fourth-order valence-corrected chi connectivity index (χ4v) is 2.91. The normalized spacial score (nSPS) is 17.9. The summed E-state index contributed by atoms with van der Waals surface area (Å²) in [5, 5.41) is 24.2. The predicted octanol–water partition coefficient (Wildman–Crippen LogP) is 2.79. The fraction of sp³-hybridized carbons (Fsp3) is 0.0714. The van der Waals surface area contributed by atoms with Crippen LogP contribution in [0.3, 0.4) is 0 Å². The van der Waals surface area contributed by atoms with Crippen LogP contribution in [0.2, 0.25) is 0 Å². The minimum Gasteiger partial charge on any atom is -0.508 e. The fourth-order valence-electron chi connectivity index (χ4n) is 1.88. The van der Waals surface area contributed by atoms with E-state index in [1.807, 2.05) is 30.3 Å². The summed E-state index contributed by atoms with van der Waals surface area (Å²) in [5.74, 6) is 0.114. The molecule has 2 aromatic carbocycles. The molecular formula is C14H12N2O2S. The molecule has 1 heterocycles. The highest BCUT2D eigenvalue weighted by molar-refractivity contribution is 8.14. The zero-order valence-electron chi connectivity index (χ0n) is 9.95. The third-order valence-electron chi connectivity index (χ3n) is 2.83. The van der Waals surface area contributed by atoms with Gasteiger partial charge in [-0.2, -0.15) is 5.10 Å². The number of hydrazone groups is 1. The van der Waals surface area contributed by atoms with Gasteiger partial charge in [-0.3, -0.25) is 5.43 Å². The summed E-state index contributed by atoms with van der Waals surface area (Å²) in [7, 11) is 0. The Bertz CT molecular complexity index is 629. The Balaban J connectivity index is 1.81. The SMILES string of the molecule is Oc1ccc([C@@H]2NN=C(c3ccccc3)S2)c(O)c1. The van der Waals surface area contributed by atoms with Crippen molar-refractivity contribution in [3.8, 4) is 11.5 Å². The van der Waals surface area contributed by atoms with Gasteiger partial charge >= 0.3 is 0 Å². The molecule has 2 aromatic rings. The van der Waals surface area contributed by atoms with Crippen molar-refractivity contribution < 1.29 is 10.2 Å². The van der Waals surface area contributed by atoms with Gasteiger partial charge in [0.1, 0.15) is 21.9 Å². The average molecular weight is 272 g/mol. The lowest BCUT2D eigenvalue weighted by atomic mass is 10.2. The van der Waals surface area contributed by atoms with Crippen molar-refractivity contribution in [1.29, 1.82) is 0 Å². The lowest BCUT2D eigenvalue weighted by Gasteiger charge is -2.11. The molecule has 4 nitrogen and oxygen atoms in total. The van der Waals surface area contributed by atoms with E-state index in [1.54, 1.807) is 12.1 Å². The second-order valence-electron chi connectivity index (χ2n) is 4.15. The number of nitrogens with one attached hydrogen (secondary N) is 1. The number of aromatic hydroxyl groups is 2. The quantitative estimate of drug-likeness (QED) is 0.786. The van der Waals surface area contributed by atoms with Crippen molar-refractivity contribution in [2.24, 2.45) is 5.10 Å². The van der Waals surface area contributed by atoms with Crippen LogP contribution < -0.4 is 5.43 Å². The van der Waals surface area contributed by atoms with Crippen molar-refractivity contribution in [2.75, 3.05) is 0 Å². The molecule has 1 aliphatic heterocycles. The molecule has 5 heteroatoms. The number of phenolic OH excluding ortho intramolecular Hbond substituents is 2. The minimum atomic E-state index is -0.143. The predicted molar refractivity (Wildman–Crippen MR) is 76.2 cm³/mol. The Morgan fingerprint density at radius 1 is 1.05 bits per heavy atom. The Hall–Kier alpha value is -2.14. The third-order valence-corrected chi connectivity index (χ3v) is 3.98. The van der Waals surface area contributed by atoms with Gasteiger partial charge in [-0.15, -0.1) is 0 Å². The Kier molecular flexibility index (Phi) is 3.05. The number of hydrogen-bond acceptors (Lipinski definition) is 5. The van der Waals surface area contributed by atoms with Crippen LogP contribution in [-0.2, 0) is 0 Å². The number of benzene rings is 2. The van der Waals surface area contributed by atoms with Gasteiger partial charge in [0.15, 0.2) is 0 Å². The zero-order valence-corrected chi connectivity index (χ0v) is 10.8. The lowest BCUT2D eigenvalue weighted by molar-refractivity contribution is 0.444. The van der Waals surface area contributed by atoms with Gasteiger partial charge in [0.2, 0.25) is 0 Å². The van der Waals surface area contributed by atoms with Crippen LogP contribution in [0.25, 0.3) is 0 Å². The molecule has 0 fully saturated rings. The van der Waals surface area contributed by atoms with Crippen molar-refractivity contribution in [2.45, 2.75) is 5.37 Å². The molecule has 19 heavy (non-hydrogen) atoms. The third kappa shape index (κ3) is 2.37. The van der Waals surface area contributed by atoms with Crippen LogP contribution in [0.5, 0.6) is 11.5 Å². The standard InChI is InChI=1S/C14H12N2O2S/c17-10-6-7-11(12(18)8-10)14-16-15-13(19-14)9-4-2-1-3-5-9/h1-8,14,16-18H/t14-/m1/s1. The monoisotopic (exact) mass is 272 g/mol. The molecule has 0 unspecified atom stereocenters. The van der Waals surface area contributed by atoms with Crippen LogP contribution in [0.4, 0.5) is 0 Å². The summed E-state index contributed by atoms with van der Waals surface area (Å²) in [4.78, 5) is 0. The highest BCUT2D eigenvalue weighted by Crippen LogP contribution is 2.39. The summed E-state index contributed by atoms with van der Waals surface area (Å²) in [6.07, 6.45) is 0. The molecular weight excluding hydrogens is 260 g/mol. The van der Waals surface area contributed by atoms with Gasteiger partial charge in [0, 0.05) is 17.2 Å². The van der Waals surface area contributed by atoms with Crippen molar-refractivity contribution in [3.63, 3.8) is 0 Å². The number of rotatable bonds is 2. The number of thioether (sulfide) groups is 1. The van der Waals surface area contributed by atoms with E-state index in [1.165, 1.54) is 17.8 Å². The Morgan fingerprint density at radius 3 is 2.58 bits per heavy atom. The van der Waals surface area contributed by atoms with Gasteiger partial charge < -0.3 is 10.2 Å². The number of hydrogen-bond donors (Lipinski definition) is 3. The van der Waals surface area contributed by atoms with Crippen LogP contribution in [-0.4, -0.2) is 15.3 Å². The smallest absolute Gasteiger partial charge is 0.126 e. The lowest BCUT2D eigenvalue weighted by Crippen LogP contribution is -2.06. The molecule has 96 valence electrons. The van der Waals surface area contributed by atoms with Gasteiger partial charge in [-0.1, -0.05) is 42.1 Å². The molecule has 0 spiro atoms. The van der Waals surface area contributed by atoms with Crippen molar-refractivity contribution in [1.82, 2.24) is 5.43 Å². The number of nitrogens with zero attached hydrogens (tertiary/aromatic N) is 1. The van der Waals surface area contributed by atoms with Crippen LogP contribution in [0.1, 0.15) is 16.5 Å². The molecule has 1 aliphatic rings. The second kappa shape index (κ2) is 4.85. The Labute approximate surface area is 114 Å². The van der Waals surface area contributed by atoms with Crippen molar-refractivity contribution >= 4 is 16.8 Å². The van der Waals surface area contributed by atoms with E-state index >= 15 is 0 Å². The first-order valence-corrected chi connectivity index (χ1v) is 6.69. The van der Waals surface area contributed by atoms with E-state index in [4.69, 9.17) is 0 Å². The highest BCUT2D eigenvalue weighted by atomic mass is 32.2. The summed E-state index contributed by atoms with van der Waals surface area (Å²) >= 11 is 1.53. The van der Waals surface area contributed by atoms with E-state index in [2.05, 4.69) is 10.5 Å². The first-order valence-electron chi connectivity index (χ1n) is 5.81. The first-order chi connectivity index (χ1) is 9.24. The van der Waals surface area contributed by atoms with Crippen molar-refractivity contribution in [3.05, 3.63) is 59.7 Å². The van der Waals surface area contributed by atoms with Crippen LogP contribution >= 0.6 is 11.8 Å². The summed E-state index contributed by atoms with van der Waals surface area (Å²) < 4.78 is 0. The van der Waals surface area contributed by atoms with E-state index < -0.39 is 0 Å². The van der Waals surface area contributed by atoms with Gasteiger partial charge in [-0.05, 0) is 12.1 Å². The van der Waals surface area contributed by atoms with E-state index in [0.717, 1.165) is 10.6 Å². The first kappa shape index (κ1) is 11.9. The molecule has 0 saturated carbocycles. The van der Waals surface area contributed by atoms with Gasteiger partial charge in [0.05, 0.1) is 0 Å². The second-order valence-corrected chi connectivity index (χ2v) is 5.25. The molecule has 1 atom stereocenters. The topological polar surface area (TPSA) is 64.8 Å². The van der Waals surface area contributed by atoms with E-state index in [0.29, 0.717) is 5.56 Å². The molecule has 0 aromatic heterocycles. The summed E-state index contributed by atoms with van der Waals surface area (Å²) in [6, 6.07) is 14.4. The van der Waals surface area contributed by atoms with Crippen LogP contribution in [0.15, 0.2) is 53.6 Å². The highest BCUT2D eigenvalue weighted by Gasteiger charge is 2.24. The molecule has 0 radical (unpaired) electrons. The molecule has 0 aliphatic carbocycles. The maximum Gasteiger partial charge on any atom is 0.126 e. The van der Waals surface area contributed by atoms with Gasteiger partial charge in [0.25, 0.3) is 0 Å².